The molecule has 0 bridgehead atoms. The molecule has 0 saturated heterocycles. The summed E-state index contributed by atoms with van der Waals surface area (Å²) >= 11 is 1.66. The van der Waals surface area contributed by atoms with Crippen LogP contribution in [-0.2, 0) is 9.59 Å². The average molecular weight is 359 g/mol. The lowest BCUT2D eigenvalue weighted by Gasteiger charge is -2.08. The minimum atomic E-state index is -1.03. The SMILES string of the molecule is Cc1ccc(SCCC(=O)Nc2ccc(OCC(=O)O)cc2)cc1C. The maximum atomic E-state index is 12.0. The fraction of sp³-hybridized carbons (Fsp3) is 0.263. The van der Waals surface area contributed by atoms with E-state index in [1.54, 1.807) is 36.0 Å². The molecule has 0 fully saturated rings. The highest BCUT2D eigenvalue weighted by Crippen LogP contribution is 2.22. The highest BCUT2D eigenvalue weighted by molar-refractivity contribution is 7.99. The molecule has 0 aliphatic rings. The van der Waals surface area contributed by atoms with E-state index in [1.807, 2.05) is 0 Å². The van der Waals surface area contributed by atoms with E-state index >= 15 is 0 Å². The van der Waals surface area contributed by atoms with Gasteiger partial charge in [0.1, 0.15) is 5.75 Å². The van der Waals surface area contributed by atoms with Gasteiger partial charge in [0.05, 0.1) is 0 Å². The minimum absolute atomic E-state index is 0.0597. The van der Waals surface area contributed by atoms with Crippen LogP contribution in [0.4, 0.5) is 5.69 Å². The number of ether oxygens (including phenoxy) is 1. The molecule has 5 nitrogen and oxygen atoms in total. The number of anilines is 1. The first-order valence-electron chi connectivity index (χ1n) is 7.88. The molecule has 25 heavy (non-hydrogen) atoms. The Labute approximate surface area is 151 Å². The van der Waals surface area contributed by atoms with Gasteiger partial charge in [-0.05, 0) is 61.4 Å². The average Bonchev–Trinajstić information content (AvgIpc) is 2.57. The maximum absolute atomic E-state index is 12.0. The van der Waals surface area contributed by atoms with E-state index in [-0.39, 0.29) is 12.5 Å². The molecule has 0 aromatic heterocycles. The summed E-state index contributed by atoms with van der Waals surface area (Å²) in [7, 11) is 0. The monoisotopic (exact) mass is 359 g/mol. The number of carboxylic acids is 1. The van der Waals surface area contributed by atoms with Gasteiger partial charge in [0.15, 0.2) is 6.61 Å². The van der Waals surface area contributed by atoms with Gasteiger partial charge in [0.2, 0.25) is 5.91 Å². The molecular formula is C19H21NO4S. The van der Waals surface area contributed by atoms with Crippen molar-refractivity contribution in [2.75, 3.05) is 17.7 Å². The van der Waals surface area contributed by atoms with Gasteiger partial charge in [0, 0.05) is 22.8 Å². The Morgan fingerprint density at radius 1 is 1.08 bits per heavy atom. The van der Waals surface area contributed by atoms with Crippen LogP contribution < -0.4 is 10.1 Å². The Hall–Kier alpha value is -2.47. The first-order valence-corrected chi connectivity index (χ1v) is 8.87. The minimum Gasteiger partial charge on any atom is -0.482 e. The molecule has 1 amide bonds. The number of nitrogens with one attached hydrogen (secondary N) is 1. The van der Waals surface area contributed by atoms with Gasteiger partial charge in [-0.2, -0.15) is 0 Å². The zero-order valence-electron chi connectivity index (χ0n) is 14.2. The number of carbonyl (C=O) groups excluding carboxylic acids is 1. The molecule has 0 saturated carbocycles. The lowest BCUT2D eigenvalue weighted by Crippen LogP contribution is -2.12. The zero-order valence-corrected chi connectivity index (χ0v) is 15.1. The second-order valence-electron chi connectivity index (χ2n) is 5.60. The summed E-state index contributed by atoms with van der Waals surface area (Å²) in [6.07, 6.45) is 0.412. The molecule has 0 unspecified atom stereocenters. The fourth-order valence-electron chi connectivity index (χ4n) is 2.07. The van der Waals surface area contributed by atoms with Crippen LogP contribution >= 0.6 is 11.8 Å². The van der Waals surface area contributed by atoms with Crippen LogP contribution in [0.5, 0.6) is 5.75 Å². The number of carbonyl (C=O) groups is 2. The van der Waals surface area contributed by atoms with E-state index in [4.69, 9.17) is 9.84 Å². The summed E-state index contributed by atoms with van der Waals surface area (Å²) in [5, 5.41) is 11.4. The quantitative estimate of drug-likeness (QED) is 0.700. The molecule has 0 radical (unpaired) electrons. The number of benzene rings is 2. The van der Waals surface area contributed by atoms with Gasteiger partial charge in [-0.15, -0.1) is 11.8 Å². The van der Waals surface area contributed by atoms with Crippen molar-refractivity contribution in [3.8, 4) is 5.75 Å². The van der Waals surface area contributed by atoms with Crippen LogP contribution in [0.15, 0.2) is 47.4 Å². The predicted molar refractivity (Wildman–Crippen MR) is 99.5 cm³/mol. The van der Waals surface area contributed by atoms with E-state index < -0.39 is 5.97 Å². The molecule has 132 valence electrons. The second-order valence-corrected chi connectivity index (χ2v) is 6.77. The molecule has 0 heterocycles. The van der Waals surface area contributed by atoms with Crippen LogP contribution in [0.25, 0.3) is 0 Å². The summed E-state index contributed by atoms with van der Waals surface area (Å²) < 4.78 is 5.04. The van der Waals surface area contributed by atoms with Crippen molar-refractivity contribution in [1.29, 1.82) is 0 Å². The normalized spacial score (nSPS) is 10.3. The number of amides is 1. The highest BCUT2D eigenvalue weighted by Gasteiger charge is 2.05. The lowest BCUT2D eigenvalue weighted by atomic mass is 10.1. The van der Waals surface area contributed by atoms with Crippen molar-refractivity contribution in [2.45, 2.75) is 25.2 Å². The molecular weight excluding hydrogens is 338 g/mol. The van der Waals surface area contributed by atoms with Gasteiger partial charge in [-0.1, -0.05) is 6.07 Å². The van der Waals surface area contributed by atoms with Crippen LogP contribution in [-0.4, -0.2) is 29.3 Å². The summed E-state index contributed by atoms with van der Waals surface area (Å²) in [6.45, 7) is 3.77. The molecule has 2 rings (SSSR count). The van der Waals surface area contributed by atoms with Gasteiger partial charge < -0.3 is 15.2 Å². The Morgan fingerprint density at radius 3 is 2.44 bits per heavy atom. The van der Waals surface area contributed by atoms with E-state index in [9.17, 15) is 9.59 Å². The number of thioether (sulfide) groups is 1. The third-order valence-electron chi connectivity index (χ3n) is 3.58. The topological polar surface area (TPSA) is 75.6 Å². The van der Waals surface area contributed by atoms with Crippen molar-refractivity contribution < 1.29 is 19.4 Å². The van der Waals surface area contributed by atoms with Crippen LogP contribution in [0.2, 0.25) is 0 Å². The van der Waals surface area contributed by atoms with Gasteiger partial charge in [0.25, 0.3) is 0 Å². The van der Waals surface area contributed by atoms with E-state index in [0.29, 0.717) is 23.6 Å². The summed E-state index contributed by atoms with van der Waals surface area (Å²) in [4.78, 5) is 23.6. The molecule has 0 aliphatic carbocycles. The number of carboxylic acid groups (broad SMARTS) is 1. The Balaban J connectivity index is 1.76. The molecule has 6 heteroatoms. The molecule has 2 N–H and O–H groups in total. The highest BCUT2D eigenvalue weighted by atomic mass is 32.2. The van der Waals surface area contributed by atoms with Crippen LogP contribution in [0.3, 0.4) is 0 Å². The van der Waals surface area contributed by atoms with Crippen molar-refractivity contribution in [2.24, 2.45) is 0 Å². The third-order valence-corrected chi connectivity index (χ3v) is 4.57. The van der Waals surface area contributed by atoms with Gasteiger partial charge in [-0.25, -0.2) is 4.79 Å². The van der Waals surface area contributed by atoms with Crippen LogP contribution in [0, 0.1) is 13.8 Å². The lowest BCUT2D eigenvalue weighted by molar-refractivity contribution is -0.139. The fourth-order valence-corrected chi connectivity index (χ4v) is 3.02. The predicted octanol–water partition coefficient (Wildman–Crippen LogP) is 3.89. The van der Waals surface area contributed by atoms with E-state index in [1.165, 1.54) is 11.1 Å². The Kier molecular flexibility index (Phi) is 6.89. The number of rotatable bonds is 8. The third kappa shape index (κ3) is 6.51. The molecule has 2 aromatic carbocycles. The molecule has 2 aromatic rings. The Morgan fingerprint density at radius 2 is 1.80 bits per heavy atom. The summed E-state index contributed by atoms with van der Waals surface area (Å²) in [5.41, 5.74) is 3.17. The zero-order chi connectivity index (χ0) is 18.2. The van der Waals surface area contributed by atoms with Gasteiger partial charge in [-0.3, -0.25) is 4.79 Å². The van der Waals surface area contributed by atoms with Crippen LogP contribution in [0.1, 0.15) is 17.5 Å². The van der Waals surface area contributed by atoms with Crippen molar-refractivity contribution >= 4 is 29.3 Å². The van der Waals surface area contributed by atoms with E-state index in [2.05, 4.69) is 37.4 Å². The molecule has 0 spiro atoms. The van der Waals surface area contributed by atoms with Crippen molar-refractivity contribution in [1.82, 2.24) is 0 Å². The largest absolute Gasteiger partial charge is 0.482 e. The molecule has 0 atom stereocenters. The second kappa shape index (κ2) is 9.13. The van der Waals surface area contributed by atoms with Crippen molar-refractivity contribution in [3.63, 3.8) is 0 Å². The number of aryl methyl sites for hydroxylation is 2. The van der Waals surface area contributed by atoms with Crippen molar-refractivity contribution in [3.05, 3.63) is 53.6 Å². The first-order chi connectivity index (χ1) is 11.9. The number of hydrogen-bond donors (Lipinski definition) is 2. The van der Waals surface area contributed by atoms with Gasteiger partial charge >= 0.3 is 5.97 Å². The van der Waals surface area contributed by atoms with E-state index in [0.717, 1.165) is 4.90 Å². The maximum Gasteiger partial charge on any atom is 0.341 e. The Bertz CT molecular complexity index is 744. The smallest absolute Gasteiger partial charge is 0.341 e. The summed E-state index contributed by atoms with van der Waals surface area (Å²) in [5.74, 6) is 0.0635. The standard InChI is InChI=1S/C19H21NO4S/c1-13-3-8-17(11-14(13)2)25-10-9-18(21)20-15-4-6-16(7-5-15)24-12-19(22)23/h3-8,11H,9-10,12H2,1-2H3,(H,20,21)(H,22,23). The first kappa shape index (κ1) is 18.9. The summed E-state index contributed by atoms with van der Waals surface area (Å²) in [6, 6.07) is 12.9. The molecule has 0 aliphatic heterocycles. The number of aliphatic carboxylic acids is 1. The number of hydrogen-bond acceptors (Lipinski definition) is 4.